The summed E-state index contributed by atoms with van der Waals surface area (Å²) < 4.78 is 7.51. The highest BCUT2D eigenvalue weighted by Gasteiger charge is 2.21. The van der Waals surface area contributed by atoms with Gasteiger partial charge in [0.05, 0.1) is 23.7 Å². The standard InChI is InChI=1S/C26H30N4O5/c1-16-12-20(22(35-3)13-17(16)2)28-24(32)14-29-21-11-7-6-10-19(21)25(33)30(26(29)34)15-23(31)27-18-8-4-5-9-18/h6-7,10-13,18H,4-5,8-9,14-15H2,1-3H3,(H,27,31)(H,28,32). The van der Waals surface area contributed by atoms with E-state index in [1.54, 1.807) is 30.3 Å². The van der Waals surface area contributed by atoms with Gasteiger partial charge in [0.25, 0.3) is 5.56 Å². The second-order valence-electron chi connectivity index (χ2n) is 9.01. The average molecular weight is 479 g/mol. The first-order chi connectivity index (χ1) is 16.8. The van der Waals surface area contributed by atoms with E-state index in [9.17, 15) is 19.2 Å². The van der Waals surface area contributed by atoms with Gasteiger partial charge in [-0.1, -0.05) is 25.0 Å². The molecule has 35 heavy (non-hydrogen) atoms. The number of amides is 2. The van der Waals surface area contributed by atoms with E-state index >= 15 is 0 Å². The molecule has 0 saturated heterocycles. The van der Waals surface area contributed by atoms with Crippen LogP contribution in [-0.4, -0.2) is 34.1 Å². The summed E-state index contributed by atoms with van der Waals surface area (Å²) in [5.74, 6) is -0.339. The van der Waals surface area contributed by atoms with E-state index in [1.807, 2.05) is 19.9 Å². The summed E-state index contributed by atoms with van der Waals surface area (Å²) in [5.41, 5.74) is 1.55. The third-order valence-electron chi connectivity index (χ3n) is 6.55. The van der Waals surface area contributed by atoms with Gasteiger partial charge in [-0.2, -0.15) is 0 Å². The summed E-state index contributed by atoms with van der Waals surface area (Å²) in [6.07, 6.45) is 3.89. The van der Waals surface area contributed by atoms with E-state index in [0.29, 0.717) is 17.0 Å². The van der Waals surface area contributed by atoms with E-state index in [0.717, 1.165) is 41.4 Å². The van der Waals surface area contributed by atoms with Crippen molar-refractivity contribution < 1.29 is 14.3 Å². The Kier molecular flexibility index (Phi) is 7.04. The number of nitrogens with one attached hydrogen (secondary N) is 2. The number of anilines is 1. The smallest absolute Gasteiger partial charge is 0.332 e. The number of ether oxygens (including phenoxy) is 1. The fourth-order valence-corrected chi connectivity index (χ4v) is 4.54. The largest absolute Gasteiger partial charge is 0.495 e. The zero-order chi connectivity index (χ0) is 25.1. The number of carbonyl (C=O) groups excluding carboxylic acids is 2. The van der Waals surface area contributed by atoms with Gasteiger partial charge in [-0.15, -0.1) is 0 Å². The molecule has 0 bridgehead atoms. The van der Waals surface area contributed by atoms with Crippen LogP contribution in [0.3, 0.4) is 0 Å². The number of para-hydroxylation sites is 1. The van der Waals surface area contributed by atoms with Crippen molar-refractivity contribution in [3.05, 3.63) is 68.4 Å². The Bertz CT molecular complexity index is 1400. The molecule has 2 amide bonds. The lowest BCUT2D eigenvalue weighted by atomic mass is 10.1. The highest BCUT2D eigenvalue weighted by atomic mass is 16.5. The first kappa shape index (κ1) is 24.3. The topological polar surface area (TPSA) is 111 Å². The Balaban J connectivity index is 1.66. The Labute approximate surface area is 202 Å². The maximum absolute atomic E-state index is 13.3. The predicted molar refractivity (Wildman–Crippen MR) is 134 cm³/mol. The fraction of sp³-hybridized carbons (Fsp3) is 0.385. The van der Waals surface area contributed by atoms with Crippen LogP contribution in [0, 0.1) is 13.8 Å². The molecule has 2 aromatic carbocycles. The number of hydrogen-bond donors (Lipinski definition) is 2. The monoisotopic (exact) mass is 478 g/mol. The van der Waals surface area contributed by atoms with Crippen LogP contribution < -0.4 is 26.6 Å². The van der Waals surface area contributed by atoms with Crippen LogP contribution in [0.5, 0.6) is 5.75 Å². The van der Waals surface area contributed by atoms with Gasteiger partial charge < -0.3 is 15.4 Å². The van der Waals surface area contributed by atoms with Crippen LogP contribution in [-0.2, 0) is 22.7 Å². The maximum Gasteiger partial charge on any atom is 0.332 e. The number of methoxy groups -OCH3 is 1. The van der Waals surface area contributed by atoms with E-state index < -0.39 is 23.7 Å². The number of nitrogens with zero attached hydrogens (tertiary/aromatic N) is 2. The second kappa shape index (κ2) is 10.2. The Morgan fingerprint density at radius 1 is 0.971 bits per heavy atom. The lowest BCUT2D eigenvalue weighted by molar-refractivity contribution is -0.122. The minimum absolute atomic E-state index is 0.0691. The number of carbonyl (C=O) groups is 2. The average Bonchev–Trinajstić information content (AvgIpc) is 3.34. The molecule has 3 aromatic rings. The quantitative estimate of drug-likeness (QED) is 0.542. The number of rotatable bonds is 7. The molecule has 0 radical (unpaired) electrons. The first-order valence-corrected chi connectivity index (χ1v) is 11.8. The lowest BCUT2D eigenvalue weighted by Crippen LogP contribution is -2.46. The fourth-order valence-electron chi connectivity index (χ4n) is 4.54. The molecule has 9 heteroatoms. The molecule has 9 nitrogen and oxygen atoms in total. The van der Waals surface area contributed by atoms with Gasteiger partial charge in [-0.05, 0) is 62.1 Å². The summed E-state index contributed by atoms with van der Waals surface area (Å²) in [4.78, 5) is 52.0. The molecule has 4 rings (SSSR count). The van der Waals surface area contributed by atoms with E-state index in [2.05, 4.69) is 10.6 Å². The Morgan fingerprint density at radius 3 is 2.34 bits per heavy atom. The van der Waals surface area contributed by atoms with Gasteiger partial charge in [-0.3, -0.25) is 23.5 Å². The van der Waals surface area contributed by atoms with Crippen molar-refractivity contribution in [1.82, 2.24) is 14.5 Å². The summed E-state index contributed by atoms with van der Waals surface area (Å²) in [6, 6.07) is 10.3. The molecule has 0 spiro atoms. The summed E-state index contributed by atoms with van der Waals surface area (Å²) >= 11 is 0. The molecule has 1 heterocycles. The van der Waals surface area contributed by atoms with Gasteiger partial charge in [-0.25, -0.2) is 4.79 Å². The summed E-state index contributed by atoms with van der Waals surface area (Å²) in [7, 11) is 1.52. The van der Waals surface area contributed by atoms with Crippen molar-refractivity contribution in [2.75, 3.05) is 12.4 Å². The molecular weight excluding hydrogens is 448 g/mol. The van der Waals surface area contributed by atoms with Crippen molar-refractivity contribution in [3.63, 3.8) is 0 Å². The number of hydrogen-bond acceptors (Lipinski definition) is 5. The predicted octanol–water partition coefficient (Wildman–Crippen LogP) is 2.49. The molecule has 184 valence electrons. The number of aryl methyl sites for hydroxylation is 2. The molecule has 0 aliphatic heterocycles. The minimum atomic E-state index is -0.711. The molecule has 1 saturated carbocycles. The molecule has 1 aliphatic carbocycles. The van der Waals surface area contributed by atoms with Crippen LogP contribution in [0.1, 0.15) is 36.8 Å². The first-order valence-electron chi connectivity index (χ1n) is 11.8. The molecule has 0 unspecified atom stereocenters. The molecular formula is C26H30N4O5. The summed E-state index contributed by atoms with van der Waals surface area (Å²) in [5, 5.41) is 5.97. The number of benzene rings is 2. The van der Waals surface area contributed by atoms with Crippen LogP contribution in [0.4, 0.5) is 5.69 Å². The molecule has 0 atom stereocenters. The van der Waals surface area contributed by atoms with Crippen LogP contribution in [0.2, 0.25) is 0 Å². The van der Waals surface area contributed by atoms with Crippen molar-refractivity contribution >= 4 is 28.4 Å². The molecule has 2 N–H and O–H groups in total. The third kappa shape index (κ3) is 5.13. The Hall–Kier alpha value is -3.88. The highest BCUT2D eigenvalue weighted by Crippen LogP contribution is 2.28. The van der Waals surface area contributed by atoms with Gasteiger partial charge in [0.1, 0.15) is 18.8 Å². The zero-order valence-electron chi connectivity index (χ0n) is 20.2. The lowest BCUT2D eigenvalue weighted by Gasteiger charge is -2.16. The normalized spacial score (nSPS) is 13.7. The van der Waals surface area contributed by atoms with Gasteiger partial charge in [0.2, 0.25) is 11.8 Å². The number of fused-ring (bicyclic) bond motifs is 1. The van der Waals surface area contributed by atoms with E-state index in [-0.39, 0.29) is 23.9 Å². The summed E-state index contributed by atoms with van der Waals surface area (Å²) in [6.45, 7) is 3.14. The van der Waals surface area contributed by atoms with Crippen LogP contribution >= 0.6 is 0 Å². The maximum atomic E-state index is 13.3. The van der Waals surface area contributed by atoms with Gasteiger partial charge >= 0.3 is 5.69 Å². The SMILES string of the molecule is COc1cc(C)c(C)cc1NC(=O)Cn1c(=O)n(CC(=O)NC2CCCC2)c(=O)c2ccccc21. The highest BCUT2D eigenvalue weighted by molar-refractivity contribution is 5.93. The Morgan fingerprint density at radius 2 is 1.63 bits per heavy atom. The molecule has 1 aliphatic rings. The van der Waals surface area contributed by atoms with Crippen molar-refractivity contribution in [3.8, 4) is 5.75 Å². The molecule has 1 aromatic heterocycles. The minimum Gasteiger partial charge on any atom is -0.495 e. The van der Waals surface area contributed by atoms with Crippen LogP contribution in [0.15, 0.2) is 46.0 Å². The number of aromatic nitrogens is 2. The second-order valence-corrected chi connectivity index (χ2v) is 9.01. The zero-order valence-corrected chi connectivity index (χ0v) is 20.2. The van der Waals surface area contributed by atoms with E-state index in [4.69, 9.17) is 4.74 Å². The van der Waals surface area contributed by atoms with Crippen LogP contribution in [0.25, 0.3) is 10.9 Å². The van der Waals surface area contributed by atoms with Gasteiger partial charge in [0, 0.05) is 6.04 Å². The van der Waals surface area contributed by atoms with Crippen molar-refractivity contribution in [2.45, 2.75) is 58.7 Å². The van der Waals surface area contributed by atoms with Gasteiger partial charge in [0.15, 0.2) is 0 Å². The molecule has 1 fully saturated rings. The van der Waals surface area contributed by atoms with Crippen molar-refractivity contribution in [2.24, 2.45) is 0 Å². The van der Waals surface area contributed by atoms with E-state index in [1.165, 1.54) is 11.7 Å². The third-order valence-corrected chi connectivity index (χ3v) is 6.55. The van der Waals surface area contributed by atoms with Crippen molar-refractivity contribution in [1.29, 1.82) is 0 Å².